The smallest absolute Gasteiger partial charge is 0.354 e. The summed E-state index contributed by atoms with van der Waals surface area (Å²) < 4.78 is 37.8. The second-order valence-electron chi connectivity index (χ2n) is 2.88. The first-order chi connectivity index (χ1) is 6.48. The molecule has 1 N–H and O–H groups in total. The Morgan fingerprint density at radius 2 is 2.21 bits per heavy atom. The Morgan fingerprint density at radius 3 is 2.86 bits per heavy atom. The van der Waals surface area contributed by atoms with E-state index in [9.17, 15) is 18.0 Å². The number of halogens is 3. The predicted molar refractivity (Wildman–Crippen MR) is 42.0 cm³/mol. The second-order valence-corrected chi connectivity index (χ2v) is 2.88. The highest BCUT2D eigenvalue weighted by molar-refractivity contribution is 5.31. The van der Waals surface area contributed by atoms with Gasteiger partial charge in [-0.15, -0.1) is 0 Å². The van der Waals surface area contributed by atoms with Crippen LogP contribution in [0.1, 0.15) is 5.69 Å². The van der Waals surface area contributed by atoms with Gasteiger partial charge in [-0.3, -0.25) is 9.36 Å². The molecule has 0 saturated heterocycles. The first-order valence-electron chi connectivity index (χ1n) is 3.91. The number of aromatic nitrogens is 2. The topological polar surface area (TPSA) is 46.9 Å². The molecule has 0 bridgehead atoms. The zero-order valence-corrected chi connectivity index (χ0v) is 6.93. The van der Waals surface area contributed by atoms with Crippen molar-refractivity contribution < 1.29 is 13.2 Å². The summed E-state index contributed by atoms with van der Waals surface area (Å²) in [4.78, 5) is 14.5. The summed E-state index contributed by atoms with van der Waals surface area (Å²) in [5.74, 6) is -0.00942. The Hall–Kier alpha value is -1.53. The van der Waals surface area contributed by atoms with Gasteiger partial charge in [0, 0.05) is 19.2 Å². The van der Waals surface area contributed by atoms with Gasteiger partial charge in [0.2, 0.25) is 5.95 Å². The van der Waals surface area contributed by atoms with E-state index in [4.69, 9.17) is 0 Å². The van der Waals surface area contributed by atoms with E-state index in [0.717, 1.165) is 0 Å². The Bertz CT molecular complexity index is 423. The Kier molecular flexibility index (Phi) is 1.76. The minimum Gasteiger partial charge on any atom is -0.354 e. The Balaban J connectivity index is 2.58. The van der Waals surface area contributed by atoms with Crippen molar-refractivity contribution in [1.29, 1.82) is 0 Å². The normalized spacial score (nSPS) is 15.1. The third-order valence-corrected chi connectivity index (χ3v) is 1.92. The molecule has 1 aromatic heterocycles. The third kappa shape index (κ3) is 1.34. The van der Waals surface area contributed by atoms with Crippen LogP contribution in [0.3, 0.4) is 0 Å². The maximum absolute atomic E-state index is 12.2. The van der Waals surface area contributed by atoms with E-state index in [-0.39, 0.29) is 5.95 Å². The molecule has 0 spiro atoms. The molecule has 0 aliphatic carbocycles. The van der Waals surface area contributed by atoms with Crippen LogP contribution >= 0.6 is 0 Å². The van der Waals surface area contributed by atoms with E-state index in [2.05, 4.69) is 10.3 Å². The van der Waals surface area contributed by atoms with Gasteiger partial charge in [0.15, 0.2) is 5.69 Å². The molecule has 1 aliphatic rings. The Morgan fingerprint density at radius 1 is 1.50 bits per heavy atom. The molecule has 2 heterocycles. The van der Waals surface area contributed by atoms with Crippen molar-refractivity contribution in [1.82, 2.24) is 9.55 Å². The van der Waals surface area contributed by atoms with Crippen LogP contribution in [0, 0.1) is 0 Å². The van der Waals surface area contributed by atoms with E-state index in [0.29, 0.717) is 19.2 Å². The van der Waals surface area contributed by atoms with Crippen LogP contribution < -0.4 is 10.9 Å². The summed E-state index contributed by atoms with van der Waals surface area (Å²) in [6.45, 7) is 0.794. The van der Waals surface area contributed by atoms with Gasteiger partial charge >= 0.3 is 6.18 Å². The number of rotatable bonds is 0. The number of hydrogen-bond donors (Lipinski definition) is 1. The molecule has 0 saturated carbocycles. The molecule has 0 fully saturated rings. The first kappa shape index (κ1) is 9.04. The maximum Gasteiger partial charge on any atom is 0.433 e. The average Bonchev–Trinajstić information content (AvgIpc) is 2.50. The highest BCUT2D eigenvalue weighted by Crippen LogP contribution is 2.27. The second kappa shape index (κ2) is 2.73. The zero-order chi connectivity index (χ0) is 10.3. The standard InChI is InChI=1S/C7H6F3N3O/c8-7(9,10)4-3-5(14)13-2-1-11-6(13)12-4/h3H,1-2H2,(H,11,12). The molecule has 4 nitrogen and oxygen atoms in total. The number of nitrogens with one attached hydrogen (secondary N) is 1. The third-order valence-electron chi connectivity index (χ3n) is 1.92. The van der Waals surface area contributed by atoms with Gasteiger partial charge in [-0.1, -0.05) is 0 Å². The lowest BCUT2D eigenvalue weighted by atomic mass is 10.4. The fraction of sp³-hybridized carbons (Fsp3) is 0.429. The quantitative estimate of drug-likeness (QED) is 0.677. The highest BCUT2D eigenvalue weighted by Gasteiger charge is 2.34. The average molecular weight is 205 g/mol. The van der Waals surface area contributed by atoms with Crippen molar-refractivity contribution in [2.24, 2.45) is 0 Å². The molecule has 0 aromatic carbocycles. The Labute approximate surface area is 76.4 Å². The molecule has 0 atom stereocenters. The number of hydrogen-bond acceptors (Lipinski definition) is 3. The first-order valence-corrected chi connectivity index (χ1v) is 3.91. The lowest BCUT2D eigenvalue weighted by molar-refractivity contribution is -0.141. The fourth-order valence-corrected chi connectivity index (χ4v) is 1.28. The van der Waals surface area contributed by atoms with E-state index in [1.54, 1.807) is 0 Å². The molecule has 1 aromatic rings. The van der Waals surface area contributed by atoms with Crippen molar-refractivity contribution in [3.8, 4) is 0 Å². The summed E-state index contributed by atoms with van der Waals surface area (Å²) in [5, 5.41) is 2.61. The van der Waals surface area contributed by atoms with Gasteiger partial charge in [-0.2, -0.15) is 13.2 Å². The molecule has 1 aliphatic heterocycles. The van der Waals surface area contributed by atoms with Gasteiger partial charge in [0.05, 0.1) is 0 Å². The molecule has 2 rings (SSSR count). The van der Waals surface area contributed by atoms with Crippen LogP contribution in [0.4, 0.5) is 19.1 Å². The maximum atomic E-state index is 12.2. The lowest BCUT2D eigenvalue weighted by Crippen LogP contribution is -2.22. The summed E-state index contributed by atoms with van der Waals surface area (Å²) in [7, 11) is 0. The molecule has 0 unspecified atom stereocenters. The summed E-state index contributed by atoms with van der Waals surface area (Å²) >= 11 is 0. The van der Waals surface area contributed by atoms with E-state index < -0.39 is 17.4 Å². The van der Waals surface area contributed by atoms with Crippen LogP contribution in [0.15, 0.2) is 10.9 Å². The number of nitrogens with zero attached hydrogens (tertiary/aromatic N) is 2. The number of anilines is 1. The van der Waals surface area contributed by atoms with Gasteiger partial charge < -0.3 is 5.32 Å². The molecular formula is C7H6F3N3O. The van der Waals surface area contributed by atoms with Crippen LogP contribution in [0.25, 0.3) is 0 Å². The van der Waals surface area contributed by atoms with E-state index in [1.807, 2.05) is 0 Å². The van der Waals surface area contributed by atoms with Crippen molar-refractivity contribution in [3.63, 3.8) is 0 Å². The SMILES string of the molecule is O=c1cc(C(F)(F)F)nc2n1CCN2. The summed E-state index contributed by atoms with van der Waals surface area (Å²) in [5.41, 5.74) is -1.82. The summed E-state index contributed by atoms with van der Waals surface area (Å²) in [6.07, 6.45) is -4.57. The van der Waals surface area contributed by atoms with Crippen molar-refractivity contribution >= 4 is 5.95 Å². The van der Waals surface area contributed by atoms with Gasteiger partial charge in [0.25, 0.3) is 5.56 Å². The summed E-state index contributed by atoms with van der Waals surface area (Å²) in [6, 6.07) is 0.510. The van der Waals surface area contributed by atoms with Crippen molar-refractivity contribution in [2.45, 2.75) is 12.7 Å². The molecule has 76 valence electrons. The minimum absolute atomic E-state index is 0.00942. The lowest BCUT2D eigenvalue weighted by Gasteiger charge is -2.07. The number of fused-ring (bicyclic) bond motifs is 1. The van der Waals surface area contributed by atoms with Crippen LogP contribution in [0.5, 0.6) is 0 Å². The zero-order valence-electron chi connectivity index (χ0n) is 6.93. The fourth-order valence-electron chi connectivity index (χ4n) is 1.28. The number of alkyl halides is 3. The van der Waals surface area contributed by atoms with E-state index in [1.165, 1.54) is 4.57 Å². The predicted octanol–water partition coefficient (Wildman–Crippen LogP) is 0.688. The van der Waals surface area contributed by atoms with Gasteiger partial charge in [-0.25, -0.2) is 4.98 Å². The highest BCUT2D eigenvalue weighted by atomic mass is 19.4. The van der Waals surface area contributed by atoms with Crippen molar-refractivity contribution in [3.05, 3.63) is 22.1 Å². The molecule has 7 heteroatoms. The van der Waals surface area contributed by atoms with Crippen molar-refractivity contribution in [2.75, 3.05) is 11.9 Å². The van der Waals surface area contributed by atoms with Gasteiger partial charge in [-0.05, 0) is 0 Å². The molecule has 0 radical (unpaired) electrons. The van der Waals surface area contributed by atoms with Crippen LogP contribution in [-0.2, 0) is 12.7 Å². The largest absolute Gasteiger partial charge is 0.433 e. The van der Waals surface area contributed by atoms with Crippen LogP contribution in [-0.4, -0.2) is 16.1 Å². The minimum atomic E-state index is -4.57. The van der Waals surface area contributed by atoms with Gasteiger partial charge in [0.1, 0.15) is 0 Å². The molecular weight excluding hydrogens is 199 g/mol. The monoisotopic (exact) mass is 205 g/mol. The molecule has 14 heavy (non-hydrogen) atoms. The molecule has 0 amide bonds. The van der Waals surface area contributed by atoms with E-state index >= 15 is 0 Å². The van der Waals surface area contributed by atoms with Crippen LogP contribution in [0.2, 0.25) is 0 Å².